The Hall–Kier alpha value is -2.11. The zero-order chi connectivity index (χ0) is 14.1. The summed E-state index contributed by atoms with van der Waals surface area (Å²) in [6.07, 6.45) is 2.13. The summed E-state index contributed by atoms with van der Waals surface area (Å²) in [5.41, 5.74) is 1.28. The lowest BCUT2D eigenvalue weighted by Crippen LogP contribution is -2.42. The van der Waals surface area contributed by atoms with Crippen LogP contribution in [0.4, 0.5) is 9.18 Å². The van der Waals surface area contributed by atoms with Gasteiger partial charge < -0.3 is 9.69 Å². The molecule has 1 aromatic rings. The summed E-state index contributed by atoms with van der Waals surface area (Å²) in [5.74, 6) is -0.470. The molecule has 1 aromatic carbocycles. The Bertz CT molecular complexity index is 556. The van der Waals surface area contributed by atoms with Gasteiger partial charge in [0.15, 0.2) is 5.75 Å². The fraction of sp³-hybridized carbons (Fsp3) is 0.429. The maximum atomic E-state index is 13.9. The highest BCUT2D eigenvalue weighted by molar-refractivity contribution is 5.67. The van der Waals surface area contributed by atoms with Crippen molar-refractivity contribution in [3.05, 3.63) is 29.1 Å². The van der Waals surface area contributed by atoms with Gasteiger partial charge in [-0.15, -0.1) is 0 Å². The van der Waals surface area contributed by atoms with E-state index in [1.807, 2.05) is 0 Å². The zero-order valence-corrected chi connectivity index (χ0v) is 10.8. The number of hydrogen-bond donors (Lipinski definition) is 0. The van der Waals surface area contributed by atoms with Gasteiger partial charge >= 0.3 is 6.09 Å². The lowest BCUT2D eigenvalue weighted by atomic mass is 10.1. The molecule has 0 radical (unpaired) electrons. The maximum Gasteiger partial charge on any atom is 0.452 e. The summed E-state index contributed by atoms with van der Waals surface area (Å²) in [5, 5.41) is 0. The Kier molecular flexibility index (Phi) is 3.30. The van der Waals surface area contributed by atoms with Crippen molar-refractivity contribution in [1.29, 1.82) is 0 Å². The van der Waals surface area contributed by atoms with Crippen LogP contribution in [0, 0.1) is 11.7 Å². The predicted octanol–water partition coefficient (Wildman–Crippen LogP) is 1.88. The van der Waals surface area contributed by atoms with Crippen LogP contribution in [-0.4, -0.2) is 30.4 Å². The number of fused-ring (bicyclic) bond motifs is 1. The highest BCUT2D eigenvalue weighted by Gasteiger charge is 2.26. The van der Waals surface area contributed by atoms with Gasteiger partial charge in [-0.25, -0.2) is 14.1 Å². The van der Waals surface area contributed by atoms with E-state index in [2.05, 4.69) is 4.89 Å². The third-order valence-corrected chi connectivity index (χ3v) is 3.73. The van der Waals surface area contributed by atoms with E-state index < -0.39 is 11.9 Å². The van der Waals surface area contributed by atoms with Crippen molar-refractivity contribution < 1.29 is 23.8 Å². The zero-order valence-electron chi connectivity index (χ0n) is 10.8. The Labute approximate surface area is 115 Å². The van der Waals surface area contributed by atoms with Crippen molar-refractivity contribution in [2.45, 2.75) is 19.3 Å². The van der Waals surface area contributed by atoms with Gasteiger partial charge in [0.25, 0.3) is 0 Å². The van der Waals surface area contributed by atoms with Crippen LogP contribution in [0.5, 0.6) is 5.75 Å². The summed E-state index contributed by atoms with van der Waals surface area (Å²) in [6.45, 7) is 1.31. The summed E-state index contributed by atoms with van der Waals surface area (Å²) < 4.78 is 13.9. The molecule has 1 saturated heterocycles. The van der Waals surface area contributed by atoms with Crippen LogP contribution in [0.25, 0.3) is 0 Å². The van der Waals surface area contributed by atoms with Crippen molar-refractivity contribution in [3.63, 3.8) is 0 Å². The molecule has 106 valence electrons. The molecule has 3 rings (SSSR count). The summed E-state index contributed by atoms with van der Waals surface area (Å²) >= 11 is 0. The standard InChI is InChI=1S/C14H14FNO4/c15-13-7-11(19-20-14(18)16-2-1-3-16)6-10-4-9(8-17)5-12(10)13/h6-9H,1-5H2. The summed E-state index contributed by atoms with van der Waals surface area (Å²) in [4.78, 5) is 33.3. The molecule has 1 heterocycles. The minimum atomic E-state index is -0.567. The topological polar surface area (TPSA) is 55.8 Å². The molecule has 1 unspecified atom stereocenters. The Morgan fingerprint density at radius 1 is 1.35 bits per heavy atom. The van der Waals surface area contributed by atoms with E-state index >= 15 is 0 Å². The number of benzene rings is 1. The second-order valence-corrected chi connectivity index (χ2v) is 5.12. The average molecular weight is 279 g/mol. The Balaban J connectivity index is 1.67. The first kappa shape index (κ1) is 12.9. The number of carbonyl (C=O) groups is 2. The van der Waals surface area contributed by atoms with Crippen molar-refractivity contribution in [1.82, 2.24) is 4.90 Å². The van der Waals surface area contributed by atoms with Gasteiger partial charge in [-0.1, -0.05) is 0 Å². The van der Waals surface area contributed by atoms with E-state index in [-0.39, 0.29) is 11.7 Å². The highest BCUT2D eigenvalue weighted by Crippen LogP contribution is 2.31. The number of amides is 1. The van der Waals surface area contributed by atoms with Crippen molar-refractivity contribution in [3.8, 4) is 5.75 Å². The van der Waals surface area contributed by atoms with E-state index in [0.717, 1.165) is 18.3 Å². The SMILES string of the molecule is O=CC1Cc2cc(OOC(=O)N3CCC3)cc(F)c2C1. The molecule has 1 aliphatic heterocycles. The van der Waals surface area contributed by atoms with E-state index in [1.165, 1.54) is 11.0 Å². The lowest BCUT2D eigenvalue weighted by Gasteiger charge is -2.28. The van der Waals surface area contributed by atoms with Gasteiger partial charge in [0.1, 0.15) is 12.1 Å². The number of likely N-dealkylation sites (tertiary alicyclic amines) is 1. The Morgan fingerprint density at radius 2 is 2.15 bits per heavy atom. The van der Waals surface area contributed by atoms with Crippen molar-refractivity contribution in [2.75, 3.05) is 13.1 Å². The Morgan fingerprint density at radius 3 is 2.80 bits per heavy atom. The quantitative estimate of drug-likeness (QED) is 0.481. The van der Waals surface area contributed by atoms with Gasteiger partial charge in [0, 0.05) is 25.1 Å². The second-order valence-electron chi connectivity index (χ2n) is 5.12. The van der Waals surface area contributed by atoms with Crippen molar-refractivity contribution in [2.24, 2.45) is 5.92 Å². The van der Waals surface area contributed by atoms with Gasteiger partial charge in [-0.05, 0) is 36.5 Å². The first-order valence-electron chi connectivity index (χ1n) is 6.57. The molecule has 0 aromatic heterocycles. The normalized spacial score (nSPS) is 20.1. The molecule has 1 amide bonds. The largest absolute Gasteiger partial charge is 0.452 e. The summed E-state index contributed by atoms with van der Waals surface area (Å²) in [7, 11) is 0. The fourth-order valence-electron chi connectivity index (χ4n) is 2.47. The van der Waals surface area contributed by atoms with Crippen LogP contribution in [0.2, 0.25) is 0 Å². The minimum absolute atomic E-state index is 0.140. The molecule has 2 aliphatic rings. The predicted molar refractivity (Wildman–Crippen MR) is 66.7 cm³/mol. The smallest absolute Gasteiger partial charge is 0.305 e. The third kappa shape index (κ3) is 2.33. The molecule has 0 bridgehead atoms. The lowest BCUT2D eigenvalue weighted by molar-refractivity contribution is -0.157. The van der Waals surface area contributed by atoms with Crippen LogP contribution in [0.1, 0.15) is 17.5 Å². The number of nitrogens with zero attached hydrogens (tertiary/aromatic N) is 1. The second kappa shape index (κ2) is 5.11. The molecule has 6 heteroatoms. The molecule has 20 heavy (non-hydrogen) atoms. The van der Waals surface area contributed by atoms with Crippen LogP contribution in [0.15, 0.2) is 12.1 Å². The average Bonchev–Trinajstić information content (AvgIpc) is 2.78. The van der Waals surface area contributed by atoms with Crippen LogP contribution in [-0.2, 0) is 22.5 Å². The monoisotopic (exact) mass is 279 g/mol. The molecule has 1 atom stereocenters. The molecule has 1 fully saturated rings. The first-order chi connectivity index (χ1) is 9.67. The minimum Gasteiger partial charge on any atom is -0.305 e. The van der Waals surface area contributed by atoms with Crippen LogP contribution >= 0.6 is 0 Å². The molecule has 1 aliphatic carbocycles. The highest BCUT2D eigenvalue weighted by atomic mass is 19.1. The molecular formula is C14H14FNO4. The molecule has 0 spiro atoms. The van der Waals surface area contributed by atoms with Crippen molar-refractivity contribution >= 4 is 12.4 Å². The van der Waals surface area contributed by atoms with Gasteiger partial charge in [0.05, 0.1) is 0 Å². The molecular weight excluding hydrogens is 265 g/mol. The van der Waals surface area contributed by atoms with Gasteiger partial charge in [-0.3, -0.25) is 4.89 Å². The number of aldehydes is 1. The van der Waals surface area contributed by atoms with Gasteiger partial charge in [0.2, 0.25) is 0 Å². The number of rotatable bonds is 3. The molecule has 0 N–H and O–H groups in total. The van der Waals surface area contributed by atoms with Crippen LogP contribution in [0.3, 0.4) is 0 Å². The van der Waals surface area contributed by atoms with E-state index in [9.17, 15) is 14.0 Å². The summed E-state index contributed by atoms with van der Waals surface area (Å²) in [6, 6.07) is 2.79. The van der Waals surface area contributed by atoms with E-state index in [1.54, 1.807) is 6.07 Å². The van der Waals surface area contributed by atoms with Gasteiger partial charge in [-0.2, -0.15) is 0 Å². The number of halogens is 1. The molecule has 5 nitrogen and oxygen atoms in total. The van der Waals surface area contributed by atoms with Crippen LogP contribution < -0.4 is 4.89 Å². The first-order valence-corrected chi connectivity index (χ1v) is 6.57. The van der Waals surface area contributed by atoms with E-state index in [4.69, 9.17) is 4.89 Å². The maximum absolute atomic E-state index is 13.9. The molecule has 0 saturated carbocycles. The third-order valence-electron chi connectivity index (χ3n) is 3.73. The van der Waals surface area contributed by atoms with E-state index in [0.29, 0.717) is 31.5 Å². The fourth-order valence-corrected chi connectivity index (χ4v) is 2.47. The number of hydrogen-bond acceptors (Lipinski definition) is 4. The number of carbonyl (C=O) groups excluding carboxylic acids is 2.